The summed E-state index contributed by atoms with van der Waals surface area (Å²) in [5, 5.41) is 0. The van der Waals surface area contributed by atoms with Crippen LogP contribution in [0.15, 0.2) is 0 Å². The Kier molecular flexibility index (Phi) is 9.29. The minimum Gasteiger partial charge on any atom is -1.00 e. The van der Waals surface area contributed by atoms with Gasteiger partial charge in [-0.15, -0.1) is 0 Å². The largest absolute Gasteiger partial charge is 1.00 e. The van der Waals surface area contributed by atoms with Gasteiger partial charge in [0.2, 0.25) is 0 Å². The predicted octanol–water partition coefficient (Wildman–Crippen LogP) is -1.34. The Labute approximate surface area is 110 Å². The van der Waals surface area contributed by atoms with E-state index in [4.69, 9.17) is 5.73 Å². The molecule has 0 aromatic rings. The Morgan fingerprint density at radius 3 is 2.20 bits per heavy atom. The lowest BCUT2D eigenvalue weighted by atomic mass is 10.1. The van der Waals surface area contributed by atoms with E-state index in [9.17, 15) is 0 Å². The average molecular weight is 297 g/mol. The highest BCUT2D eigenvalue weighted by Gasteiger charge is 2.27. The Bertz CT molecular complexity index is 144. The van der Waals surface area contributed by atoms with Crippen LogP contribution in [0.5, 0.6) is 0 Å². The second-order valence-corrected chi connectivity index (χ2v) is 4.96. The second kappa shape index (κ2) is 8.85. The van der Waals surface area contributed by atoms with E-state index in [1.54, 1.807) is 0 Å². The normalized spacial score (nSPS) is 19.6. The van der Waals surface area contributed by atoms with E-state index in [1.807, 2.05) is 0 Å². The molecule has 0 unspecified atom stereocenters. The van der Waals surface area contributed by atoms with Crippen LogP contribution in [0.3, 0.4) is 0 Å². The van der Waals surface area contributed by atoms with Gasteiger partial charge < -0.3 is 27.2 Å². The molecular weight excluding hydrogens is 272 g/mol. The Balaban J connectivity index is 0.00000196. The molecule has 1 aliphatic rings. The van der Waals surface area contributed by atoms with Crippen molar-refractivity contribution >= 4 is 12.6 Å². The summed E-state index contributed by atoms with van der Waals surface area (Å²) in [5.74, 6) is 1.03. The van der Waals surface area contributed by atoms with Gasteiger partial charge in [0, 0.05) is 5.75 Å². The molecular formula is C11H25BrN2S. The van der Waals surface area contributed by atoms with Gasteiger partial charge in [-0.1, -0.05) is 0 Å². The average Bonchev–Trinajstić information content (AvgIpc) is 2.20. The number of nitrogens with two attached hydrogens (primary N) is 1. The lowest BCUT2D eigenvalue weighted by Gasteiger charge is -2.41. The number of hydrogen-bond acceptors (Lipinski definition) is 2. The first-order valence-electron chi connectivity index (χ1n) is 5.99. The second-order valence-electron chi connectivity index (χ2n) is 4.52. The summed E-state index contributed by atoms with van der Waals surface area (Å²) in [6.45, 7) is 6.20. The fourth-order valence-corrected chi connectivity index (χ4v) is 2.97. The maximum Gasteiger partial charge on any atom is 0.0876 e. The summed E-state index contributed by atoms with van der Waals surface area (Å²) < 4.78 is 1.32. The smallest absolute Gasteiger partial charge is 0.0876 e. The summed E-state index contributed by atoms with van der Waals surface area (Å²) in [6.07, 6.45) is 6.74. The van der Waals surface area contributed by atoms with Gasteiger partial charge >= 0.3 is 0 Å². The first-order chi connectivity index (χ1) is 6.83. The third kappa shape index (κ3) is 5.57. The summed E-state index contributed by atoms with van der Waals surface area (Å²) in [6, 6.07) is 0. The quantitative estimate of drug-likeness (QED) is 0.354. The van der Waals surface area contributed by atoms with E-state index in [0.29, 0.717) is 0 Å². The molecule has 2 N–H and O–H groups in total. The fourth-order valence-electron chi connectivity index (χ4n) is 2.55. The molecule has 4 heteroatoms. The summed E-state index contributed by atoms with van der Waals surface area (Å²) >= 11 is 4.39. The first kappa shape index (κ1) is 15.8. The molecule has 0 bridgehead atoms. The number of thiol groups is 1. The van der Waals surface area contributed by atoms with Gasteiger partial charge in [0.15, 0.2) is 0 Å². The monoisotopic (exact) mass is 296 g/mol. The van der Waals surface area contributed by atoms with E-state index in [-0.39, 0.29) is 17.0 Å². The van der Waals surface area contributed by atoms with Crippen molar-refractivity contribution < 1.29 is 21.5 Å². The maximum atomic E-state index is 5.54. The van der Waals surface area contributed by atoms with Gasteiger partial charge in [-0.25, -0.2) is 0 Å². The van der Waals surface area contributed by atoms with Crippen LogP contribution in [0.2, 0.25) is 0 Å². The number of hydrogen-bond donors (Lipinski definition) is 2. The molecule has 0 aromatic carbocycles. The van der Waals surface area contributed by atoms with E-state index < -0.39 is 0 Å². The number of rotatable bonds is 6. The van der Waals surface area contributed by atoms with Crippen LogP contribution in [-0.4, -0.2) is 43.0 Å². The third-order valence-electron chi connectivity index (χ3n) is 3.43. The van der Waals surface area contributed by atoms with Crippen molar-refractivity contribution in [1.29, 1.82) is 0 Å². The predicted molar refractivity (Wildman–Crippen MR) is 65.7 cm³/mol. The van der Waals surface area contributed by atoms with E-state index in [2.05, 4.69) is 12.6 Å². The van der Waals surface area contributed by atoms with Crippen molar-refractivity contribution in [2.75, 3.05) is 38.5 Å². The first-order valence-corrected chi connectivity index (χ1v) is 6.62. The van der Waals surface area contributed by atoms with E-state index >= 15 is 0 Å². The van der Waals surface area contributed by atoms with Crippen LogP contribution < -0.4 is 22.7 Å². The number of likely N-dealkylation sites (tertiary alicyclic amines) is 1. The van der Waals surface area contributed by atoms with Gasteiger partial charge in [0.05, 0.1) is 26.2 Å². The highest BCUT2D eigenvalue weighted by Crippen LogP contribution is 2.19. The van der Waals surface area contributed by atoms with Gasteiger partial charge in [0.1, 0.15) is 0 Å². The van der Waals surface area contributed by atoms with E-state index in [0.717, 1.165) is 12.3 Å². The number of nitrogens with zero attached hydrogens (tertiary/aromatic N) is 1. The molecule has 1 fully saturated rings. The minimum atomic E-state index is 0. The van der Waals surface area contributed by atoms with Gasteiger partial charge in [-0.05, 0) is 38.6 Å². The SMILES string of the molecule is NCCCC[N+]1(CCS)CCCCC1.[Br-]. The Morgan fingerprint density at radius 1 is 1.00 bits per heavy atom. The molecule has 0 aliphatic carbocycles. The molecule has 2 nitrogen and oxygen atoms in total. The molecule has 0 radical (unpaired) electrons. The molecule has 1 heterocycles. The van der Waals surface area contributed by atoms with E-state index in [1.165, 1.54) is 62.8 Å². The molecule has 0 saturated carbocycles. The van der Waals surface area contributed by atoms with Crippen LogP contribution in [0.1, 0.15) is 32.1 Å². The molecule has 92 valence electrons. The van der Waals surface area contributed by atoms with Crippen molar-refractivity contribution in [3.8, 4) is 0 Å². The molecule has 0 atom stereocenters. The zero-order valence-corrected chi connectivity index (χ0v) is 12.1. The lowest BCUT2D eigenvalue weighted by Crippen LogP contribution is -3.00. The van der Waals surface area contributed by atoms with Gasteiger partial charge in [0.25, 0.3) is 0 Å². The molecule has 1 aliphatic heterocycles. The Hall–Kier alpha value is 0.750. The molecule has 1 rings (SSSR count). The van der Waals surface area contributed by atoms with Crippen LogP contribution in [0.25, 0.3) is 0 Å². The van der Waals surface area contributed by atoms with Crippen molar-refractivity contribution in [2.45, 2.75) is 32.1 Å². The van der Waals surface area contributed by atoms with Crippen LogP contribution in [-0.2, 0) is 0 Å². The summed E-state index contributed by atoms with van der Waals surface area (Å²) in [4.78, 5) is 0. The van der Waals surface area contributed by atoms with Crippen LogP contribution in [0, 0.1) is 0 Å². The number of unbranched alkanes of at least 4 members (excludes halogenated alkanes) is 1. The fraction of sp³-hybridized carbons (Fsp3) is 1.00. The minimum absolute atomic E-state index is 0. The summed E-state index contributed by atoms with van der Waals surface area (Å²) in [7, 11) is 0. The van der Waals surface area contributed by atoms with Gasteiger partial charge in [-0.3, -0.25) is 0 Å². The van der Waals surface area contributed by atoms with Crippen molar-refractivity contribution in [3.63, 3.8) is 0 Å². The zero-order chi connectivity index (χ0) is 10.3. The lowest BCUT2D eigenvalue weighted by molar-refractivity contribution is -0.930. The maximum absolute atomic E-state index is 5.54. The molecule has 1 saturated heterocycles. The van der Waals surface area contributed by atoms with Crippen molar-refractivity contribution in [3.05, 3.63) is 0 Å². The standard InChI is InChI=1S/C11H24N2S.BrH/c12-6-2-5-9-13(10-11-14)7-3-1-4-8-13;/h1-12H2;1H. The van der Waals surface area contributed by atoms with Crippen LogP contribution in [0.4, 0.5) is 0 Å². The number of halogens is 1. The van der Waals surface area contributed by atoms with Crippen LogP contribution >= 0.6 is 12.6 Å². The Morgan fingerprint density at radius 2 is 1.67 bits per heavy atom. The highest BCUT2D eigenvalue weighted by atomic mass is 79.9. The zero-order valence-electron chi connectivity index (χ0n) is 9.63. The third-order valence-corrected chi connectivity index (χ3v) is 3.63. The van der Waals surface area contributed by atoms with Gasteiger partial charge in [-0.2, -0.15) is 12.6 Å². The molecule has 0 amide bonds. The molecule has 15 heavy (non-hydrogen) atoms. The highest BCUT2D eigenvalue weighted by molar-refractivity contribution is 7.80. The molecule has 0 aromatic heterocycles. The van der Waals surface area contributed by atoms with Crippen molar-refractivity contribution in [1.82, 2.24) is 0 Å². The molecule has 0 spiro atoms. The van der Waals surface area contributed by atoms with Crippen molar-refractivity contribution in [2.24, 2.45) is 5.73 Å². The summed E-state index contributed by atoms with van der Waals surface area (Å²) in [5.41, 5.74) is 5.54. The number of quaternary nitrogens is 1. The topological polar surface area (TPSA) is 26.0 Å². The number of piperidine rings is 1.